The van der Waals surface area contributed by atoms with E-state index in [0.717, 1.165) is 18.7 Å². The third-order valence-electron chi connectivity index (χ3n) is 5.46. The van der Waals surface area contributed by atoms with E-state index in [-0.39, 0.29) is 17.4 Å². The molecule has 1 fully saturated rings. The second-order valence-corrected chi connectivity index (χ2v) is 7.87. The minimum absolute atomic E-state index is 0.0236. The first-order valence-corrected chi connectivity index (χ1v) is 10.4. The highest BCUT2D eigenvalue weighted by Gasteiger charge is 2.29. The first-order valence-electron chi connectivity index (χ1n) is 10.4. The fourth-order valence-corrected chi connectivity index (χ4v) is 3.73. The van der Waals surface area contributed by atoms with Crippen LogP contribution in [0.1, 0.15) is 11.3 Å². The van der Waals surface area contributed by atoms with Crippen molar-refractivity contribution in [3.8, 4) is 17.1 Å². The minimum atomic E-state index is -0.190. The third-order valence-corrected chi connectivity index (χ3v) is 5.46. The van der Waals surface area contributed by atoms with Crippen molar-refractivity contribution in [1.29, 1.82) is 0 Å². The summed E-state index contributed by atoms with van der Waals surface area (Å²) in [5, 5.41) is 2.96. The number of nitrogens with zero attached hydrogens (tertiary/aromatic N) is 4. The zero-order valence-electron chi connectivity index (χ0n) is 18.2. The van der Waals surface area contributed by atoms with Crippen LogP contribution in [-0.4, -0.2) is 45.5 Å². The van der Waals surface area contributed by atoms with E-state index in [1.54, 1.807) is 41.3 Å². The van der Waals surface area contributed by atoms with Gasteiger partial charge in [0.1, 0.15) is 5.82 Å². The summed E-state index contributed by atoms with van der Waals surface area (Å²) in [6.07, 6.45) is 8.34. The Kier molecular flexibility index (Phi) is 6.09. The highest BCUT2D eigenvalue weighted by Crippen LogP contribution is 2.24. The van der Waals surface area contributed by atoms with Crippen LogP contribution >= 0.6 is 0 Å². The van der Waals surface area contributed by atoms with E-state index in [4.69, 9.17) is 4.98 Å². The second kappa shape index (κ2) is 9.11. The molecule has 1 aromatic carbocycles. The quantitative estimate of drug-likeness (QED) is 0.611. The van der Waals surface area contributed by atoms with Gasteiger partial charge in [-0.15, -0.1) is 0 Å². The van der Waals surface area contributed by atoms with Gasteiger partial charge in [-0.2, -0.15) is 0 Å². The number of amides is 1. The standard InChI is InChI=1S/C25H25N5O2/c1-4-5-8-22-17(2)27-23(30(25(22)32)21-7-6-13-26-14-21)18-9-11-20(12-10-18)28-24(31)19-15-29(3)16-19/h4-14,19H,1,15-16H2,2-3H3,(H,28,31)/b8-5-. The van der Waals surface area contributed by atoms with E-state index in [1.165, 1.54) is 0 Å². The van der Waals surface area contributed by atoms with Crippen molar-refractivity contribution in [1.82, 2.24) is 19.4 Å². The van der Waals surface area contributed by atoms with E-state index in [1.807, 2.05) is 44.3 Å². The normalized spacial score (nSPS) is 14.3. The molecule has 7 heteroatoms. The summed E-state index contributed by atoms with van der Waals surface area (Å²) in [6.45, 7) is 7.04. The van der Waals surface area contributed by atoms with Gasteiger partial charge in [-0.25, -0.2) is 4.98 Å². The van der Waals surface area contributed by atoms with E-state index >= 15 is 0 Å². The van der Waals surface area contributed by atoms with Crippen LogP contribution in [0.3, 0.4) is 0 Å². The monoisotopic (exact) mass is 427 g/mol. The smallest absolute Gasteiger partial charge is 0.265 e. The summed E-state index contributed by atoms with van der Waals surface area (Å²) in [6, 6.07) is 11.0. The molecule has 1 aliphatic heterocycles. The van der Waals surface area contributed by atoms with Gasteiger partial charge < -0.3 is 10.2 Å². The average Bonchev–Trinajstić information content (AvgIpc) is 2.77. The summed E-state index contributed by atoms with van der Waals surface area (Å²) in [5.74, 6) is 0.557. The van der Waals surface area contributed by atoms with Gasteiger partial charge in [-0.3, -0.25) is 19.1 Å². The SMILES string of the molecule is C=C/C=C\c1c(C)nc(-c2ccc(NC(=O)C3CN(C)C3)cc2)n(-c2cccnc2)c1=O. The van der Waals surface area contributed by atoms with Crippen molar-refractivity contribution >= 4 is 17.7 Å². The van der Waals surface area contributed by atoms with Crippen LogP contribution in [-0.2, 0) is 4.79 Å². The Morgan fingerprint density at radius 1 is 1.22 bits per heavy atom. The van der Waals surface area contributed by atoms with Crippen LogP contribution < -0.4 is 10.9 Å². The Labute approximate surface area is 186 Å². The van der Waals surface area contributed by atoms with Crippen molar-refractivity contribution in [2.45, 2.75) is 6.92 Å². The molecule has 3 heterocycles. The van der Waals surface area contributed by atoms with Gasteiger partial charge in [-0.05, 0) is 56.4 Å². The molecule has 0 radical (unpaired) electrons. The molecular formula is C25H25N5O2. The molecule has 0 unspecified atom stereocenters. The van der Waals surface area contributed by atoms with Crippen LogP contribution in [0, 0.1) is 12.8 Å². The maximum atomic E-state index is 13.4. The lowest BCUT2D eigenvalue weighted by Crippen LogP contribution is -2.49. The van der Waals surface area contributed by atoms with E-state index in [9.17, 15) is 9.59 Å². The number of hydrogen-bond acceptors (Lipinski definition) is 5. The zero-order valence-corrected chi connectivity index (χ0v) is 18.2. The fourth-order valence-electron chi connectivity index (χ4n) is 3.73. The Bertz CT molecular complexity index is 1220. The van der Waals surface area contributed by atoms with Gasteiger partial charge in [-0.1, -0.05) is 18.7 Å². The molecule has 1 aliphatic rings. The molecule has 0 spiro atoms. The minimum Gasteiger partial charge on any atom is -0.326 e. The molecule has 162 valence electrons. The van der Waals surface area contributed by atoms with Crippen molar-refractivity contribution in [3.05, 3.63) is 89.1 Å². The van der Waals surface area contributed by atoms with E-state index < -0.39 is 0 Å². The summed E-state index contributed by atoms with van der Waals surface area (Å²) in [4.78, 5) is 36.7. The fraction of sp³-hybridized carbons (Fsp3) is 0.200. The Hall–Kier alpha value is -3.84. The molecular weight excluding hydrogens is 402 g/mol. The molecule has 0 atom stereocenters. The largest absolute Gasteiger partial charge is 0.326 e. The van der Waals surface area contributed by atoms with E-state index in [0.29, 0.717) is 28.5 Å². The molecule has 1 saturated heterocycles. The third kappa shape index (κ3) is 4.29. The van der Waals surface area contributed by atoms with Crippen LogP contribution in [0.15, 0.2) is 72.3 Å². The first kappa shape index (κ1) is 21.4. The van der Waals surface area contributed by atoms with Gasteiger partial charge in [0.15, 0.2) is 0 Å². The van der Waals surface area contributed by atoms with Crippen molar-refractivity contribution in [3.63, 3.8) is 0 Å². The van der Waals surface area contributed by atoms with Gasteiger partial charge in [0.25, 0.3) is 5.56 Å². The maximum absolute atomic E-state index is 13.4. The molecule has 4 rings (SSSR count). The summed E-state index contributed by atoms with van der Waals surface area (Å²) in [5.41, 5.74) is 3.02. The topological polar surface area (TPSA) is 80.1 Å². The molecule has 7 nitrogen and oxygen atoms in total. The number of benzene rings is 1. The lowest BCUT2D eigenvalue weighted by molar-refractivity contribution is -0.124. The summed E-state index contributed by atoms with van der Waals surface area (Å²) in [7, 11) is 1.99. The molecule has 0 saturated carbocycles. The van der Waals surface area contributed by atoms with Crippen molar-refractivity contribution in [2.24, 2.45) is 5.92 Å². The second-order valence-electron chi connectivity index (χ2n) is 7.87. The zero-order chi connectivity index (χ0) is 22.7. The van der Waals surface area contributed by atoms with Gasteiger partial charge >= 0.3 is 0 Å². The number of pyridine rings is 1. The van der Waals surface area contributed by atoms with Crippen LogP contribution in [0.25, 0.3) is 23.2 Å². The van der Waals surface area contributed by atoms with Crippen molar-refractivity contribution in [2.75, 3.05) is 25.5 Å². The molecule has 32 heavy (non-hydrogen) atoms. The molecule has 0 bridgehead atoms. The van der Waals surface area contributed by atoms with Crippen molar-refractivity contribution < 1.29 is 4.79 Å². The Balaban J connectivity index is 1.72. The highest BCUT2D eigenvalue weighted by atomic mass is 16.2. The molecule has 1 N–H and O–H groups in total. The Morgan fingerprint density at radius 2 is 1.97 bits per heavy atom. The van der Waals surface area contributed by atoms with Gasteiger partial charge in [0, 0.05) is 30.5 Å². The number of aryl methyl sites for hydroxylation is 1. The Morgan fingerprint density at radius 3 is 2.59 bits per heavy atom. The van der Waals surface area contributed by atoms with Crippen LogP contribution in [0.4, 0.5) is 5.69 Å². The highest BCUT2D eigenvalue weighted by molar-refractivity contribution is 5.93. The summed E-state index contributed by atoms with van der Waals surface area (Å²) >= 11 is 0. The number of hydrogen-bond donors (Lipinski definition) is 1. The molecule has 1 amide bonds. The molecule has 3 aromatic rings. The maximum Gasteiger partial charge on any atom is 0.265 e. The average molecular weight is 428 g/mol. The first-order chi connectivity index (χ1) is 15.5. The molecule has 0 aliphatic carbocycles. The molecule has 2 aromatic heterocycles. The number of carbonyl (C=O) groups is 1. The number of anilines is 1. The van der Waals surface area contributed by atoms with E-state index in [2.05, 4.69) is 21.8 Å². The number of rotatable bonds is 6. The van der Waals surface area contributed by atoms with Gasteiger partial charge in [0.05, 0.1) is 29.1 Å². The predicted octanol–water partition coefficient (Wildman–Crippen LogP) is 3.30. The van der Waals surface area contributed by atoms with Crippen LogP contribution in [0.2, 0.25) is 0 Å². The summed E-state index contributed by atoms with van der Waals surface area (Å²) < 4.78 is 1.56. The lowest BCUT2D eigenvalue weighted by atomic mass is 10.0. The number of likely N-dealkylation sites (tertiary alicyclic amines) is 1. The number of aromatic nitrogens is 3. The van der Waals surface area contributed by atoms with Gasteiger partial charge in [0.2, 0.25) is 5.91 Å². The predicted molar refractivity (Wildman–Crippen MR) is 127 cm³/mol. The van der Waals surface area contributed by atoms with Crippen LogP contribution in [0.5, 0.6) is 0 Å². The number of carbonyl (C=O) groups excluding carboxylic acids is 1. The lowest BCUT2D eigenvalue weighted by Gasteiger charge is -2.34. The number of allylic oxidation sites excluding steroid dienone is 2. The number of nitrogens with one attached hydrogen (secondary N) is 1.